The van der Waals surface area contributed by atoms with Crippen molar-refractivity contribution in [3.63, 3.8) is 0 Å². The number of nitrogens with zero attached hydrogens (tertiary/aromatic N) is 2. The quantitative estimate of drug-likeness (QED) is 0.344. The van der Waals surface area contributed by atoms with Crippen molar-refractivity contribution in [3.8, 4) is 17.6 Å². The Morgan fingerprint density at radius 1 is 1.30 bits per heavy atom. The molecule has 0 aliphatic carbocycles. The van der Waals surface area contributed by atoms with E-state index >= 15 is 0 Å². The molecule has 33 heavy (non-hydrogen) atoms. The van der Waals surface area contributed by atoms with Crippen molar-refractivity contribution in [3.05, 3.63) is 58.4 Å². The molecule has 3 N–H and O–H groups in total. The Balaban J connectivity index is 1.38. The molecule has 0 saturated carbocycles. The number of ether oxygens (including phenoxy) is 1. The zero-order chi connectivity index (χ0) is 23.0. The molecule has 3 heterocycles. The first kappa shape index (κ1) is 23.7. The van der Waals surface area contributed by atoms with Gasteiger partial charge in [-0.3, -0.25) is 9.88 Å². The van der Waals surface area contributed by atoms with Crippen LogP contribution >= 0.6 is 11.3 Å². The Hall–Kier alpha value is -2.47. The molecule has 4 rings (SSSR count). The van der Waals surface area contributed by atoms with Gasteiger partial charge in [0.1, 0.15) is 5.75 Å². The number of hydrogen-bond donors (Lipinski definition) is 3. The third kappa shape index (κ3) is 5.91. The maximum atomic E-state index is 10.0. The smallest absolute Gasteiger partial charge is 0.119 e. The summed E-state index contributed by atoms with van der Waals surface area (Å²) in [4.78, 5) is 7.87. The van der Waals surface area contributed by atoms with Gasteiger partial charge in [0.05, 0.1) is 30.1 Å². The number of rotatable bonds is 8. The monoisotopic (exact) mass is 465 g/mol. The lowest BCUT2D eigenvalue weighted by atomic mass is 9.81. The molecule has 1 aliphatic rings. The van der Waals surface area contributed by atoms with Crippen molar-refractivity contribution in [2.24, 2.45) is 11.8 Å². The lowest BCUT2D eigenvalue weighted by molar-refractivity contribution is 0.0657. The summed E-state index contributed by atoms with van der Waals surface area (Å²) in [7, 11) is 1.65. The molecular formula is C26H31N3O3S. The highest BCUT2D eigenvalue weighted by Gasteiger charge is 2.29. The van der Waals surface area contributed by atoms with Crippen molar-refractivity contribution in [2.45, 2.75) is 25.3 Å². The Labute approximate surface area is 199 Å². The van der Waals surface area contributed by atoms with Gasteiger partial charge in [0.2, 0.25) is 0 Å². The summed E-state index contributed by atoms with van der Waals surface area (Å²) in [5, 5.41) is 23.0. The Morgan fingerprint density at radius 3 is 2.97 bits per heavy atom. The predicted molar refractivity (Wildman–Crippen MR) is 132 cm³/mol. The number of benzene rings is 1. The number of aromatic nitrogens is 1. The van der Waals surface area contributed by atoms with E-state index in [-0.39, 0.29) is 18.6 Å². The zero-order valence-corrected chi connectivity index (χ0v) is 19.7. The van der Waals surface area contributed by atoms with E-state index in [0.717, 1.165) is 66.0 Å². The lowest BCUT2D eigenvalue weighted by Crippen LogP contribution is -2.42. The van der Waals surface area contributed by atoms with Crippen molar-refractivity contribution in [2.75, 3.05) is 33.4 Å². The Bertz CT molecular complexity index is 1090. The fraction of sp³-hybridized carbons (Fsp3) is 0.423. The standard InChI is InChI=1S/C26H31N3O3S/c1-32-21-7-9-25-24(16-21)23(10-12-27-25)26(28-31)8-6-19-11-14-29(17-20(19)18-30)13-2-4-22-5-3-15-33-22/h3,5,7,9-10,12,15-16,19-20,26,28,30-31H,6,8,11,13-14,17-18H2,1H3/t19-,20-,26-/m1/s1. The number of likely N-dealkylation sites (tertiary alicyclic amines) is 1. The summed E-state index contributed by atoms with van der Waals surface area (Å²) in [5.41, 5.74) is 4.39. The second kappa shape index (κ2) is 11.6. The van der Waals surface area contributed by atoms with Crippen molar-refractivity contribution >= 4 is 22.2 Å². The third-order valence-electron chi connectivity index (χ3n) is 6.59. The van der Waals surface area contributed by atoms with Crippen LogP contribution in [-0.4, -0.2) is 53.5 Å². The van der Waals surface area contributed by atoms with Crippen LogP contribution in [0, 0.1) is 23.7 Å². The number of pyridine rings is 1. The van der Waals surface area contributed by atoms with Crippen LogP contribution in [-0.2, 0) is 0 Å². The molecule has 1 fully saturated rings. The number of fused-ring (bicyclic) bond motifs is 1. The highest BCUT2D eigenvalue weighted by molar-refractivity contribution is 7.10. The summed E-state index contributed by atoms with van der Waals surface area (Å²) in [5.74, 6) is 7.89. The summed E-state index contributed by atoms with van der Waals surface area (Å²) >= 11 is 1.66. The van der Waals surface area contributed by atoms with E-state index in [4.69, 9.17) is 4.74 Å². The molecular weight excluding hydrogens is 434 g/mol. The second-order valence-electron chi connectivity index (χ2n) is 8.55. The molecule has 3 atom stereocenters. The number of nitrogens with one attached hydrogen (secondary N) is 1. The molecule has 0 bridgehead atoms. The van der Waals surface area contributed by atoms with E-state index in [2.05, 4.69) is 27.2 Å². The van der Waals surface area contributed by atoms with E-state index in [0.29, 0.717) is 5.92 Å². The maximum Gasteiger partial charge on any atom is 0.119 e. The Kier molecular flexibility index (Phi) is 8.32. The average Bonchev–Trinajstić information content (AvgIpc) is 3.38. The van der Waals surface area contributed by atoms with Crippen LogP contribution in [0.4, 0.5) is 0 Å². The van der Waals surface area contributed by atoms with E-state index in [1.807, 2.05) is 41.8 Å². The van der Waals surface area contributed by atoms with Crippen molar-refractivity contribution < 1.29 is 15.1 Å². The van der Waals surface area contributed by atoms with Crippen LogP contribution < -0.4 is 10.2 Å². The summed E-state index contributed by atoms with van der Waals surface area (Å²) in [6.45, 7) is 2.73. The average molecular weight is 466 g/mol. The van der Waals surface area contributed by atoms with Crippen LogP contribution in [0.3, 0.4) is 0 Å². The molecule has 7 heteroatoms. The molecule has 6 nitrogen and oxygen atoms in total. The molecule has 174 valence electrons. The van der Waals surface area contributed by atoms with Crippen molar-refractivity contribution in [1.82, 2.24) is 15.4 Å². The van der Waals surface area contributed by atoms with Crippen molar-refractivity contribution in [1.29, 1.82) is 0 Å². The van der Waals surface area contributed by atoms with Gasteiger partial charge in [-0.15, -0.1) is 11.3 Å². The van der Waals surface area contributed by atoms with Gasteiger partial charge in [0.25, 0.3) is 0 Å². The van der Waals surface area contributed by atoms with Gasteiger partial charge in [0, 0.05) is 24.7 Å². The van der Waals surface area contributed by atoms with E-state index < -0.39 is 0 Å². The molecule has 3 aromatic rings. The number of piperidine rings is 1. The number of methoxy groups -OCH3 is 1. The number of aliphatic hydroxyl groups excluding tert-OH is 1. The van der Waals surface area contributed by atoms with E-state index in [9.17, 15) is 10.3 Å². The van der Waals surface area contributed by atoms with Gasteiger partial charge >= 0.3 is 0 Å². The van der Waals surface area contributed by atoms with Crippen LogP contribution in [0.2, 0.25) is 0 Å². The first-order valence-electron chi connectivity index (χ1n) is 11.4. The zero-order valence-electron chi connectivity index (χ0n) is 18.9. The van der Waals surface area contributed by atoms with Crippen LogP contribution in [0.5, 0.6) is 5.75 Å². The van der Waals surface area contributed by atoms with Gasteiger partial charge in [-0.1, -0.05) is 17.9 Å². The number of aliphatic hydroxyl groups is 1. The highest BCUT2D eigenvalue weighted by Crippen LogP contribution is 2.33. The maximum absolute atomic E-state index is 10.0. The number of hydrogen-bond acceptors (Lipinski definition) is 7. The van der Waals surface area contributed by atoms with Crippen LogP contribution in [0.15, 0.2) is 48.0 Å². The second-order valence-corrected chi connectivity index (χ2v) is 9.50. The normalized spacial score (nSPS) is 19.7. The lowest BCUT2D eigenvalue weighted by Gasteiger charge is -2.37. The fourth-order valence-electron chi connectivity index (χ4n) is 4.72. The summed E-state index contributed by atoms with van der Waals surface area (Å²) in [6.07, 6.45) is 4.49. The minimum absolute atomic E-state index is 0.173. The SMILES string of the molecule is COc1ccc2nccc([C@@H](CC[C@@H]3CCN(CC#Cc4cccs4)C[C@@H]3CO)NO)c2c1. The summed E-state index contributed by atoms with van der Waals surface area (Å²) in [6, 6.07) is 11.6. The molecule has 1 saturated heterocycles. The molecule has 0 unspecified atom stereocenters. The van der Waals surface area contributed by atoms with Gasteiger partial charge < -0.3 is 15.1 Å². The first-order valence-corrected chi connectivity index (χ1v) is 12.3. The molecule has 0 radical (unpaired) electrons. The van der Waals surface area contributed by atoms with E-state index in [1.165, 1.54) is 0 Å². The van der Waals surface area contributed by atoms with Crippen LogP contribution in [0.25, 0.3) is 10.9 Å². The molecule has 2 aromatic heterocycles. The molecule has 0 amide bonds. The molecule has 0 spiro atoms. The molecule has 1 aromatic carbocycles. The largest absolute Gasteiger partial charge is 0.497 e. The third-order valence-corrected chi connectivity index (χ3v) is 7.37. The number of thiophene rings is 1. The highest BCUT2D eigenvalue weighted by atomic mass is 32.1. The van der Waals surface area contributed by atoms with Gasteiger partial charge in [-0.05, 0) is 78.9 Å². The van der Waals surface area contributed by atoms with E-state index in [1.54, 1.807) is 24.6 Å². The molecule has 1 aliphatic heterocycles. The van der Waals surface area contributed by atoms with Gasteiger partial charge in [0.15, 0.2) is 0 Å². The first-order chi connectivity index (χ1) is 16.2. The van der Waals surface area contributed by atoms with Gasteiger partial charge in [-0.2, -0.15) is 5.48 Å². The minimum Gasteiger partial charge on any atom is -0.497 e. The fourth-order valence-corrected chi connectivity index (χ4v) is 5.31. The topological polar surface area (TPSA) is 77.9 Å². The predicted octanol–water partition coefficient (Wildman–Crippen LogP) is 4.09. The number of hydroxylamine groups is 1. The minimum atomic E-state index is -0.211. The Morgan fingerprint density at radius 2 is 2.21 bits per heavy atom. The van der Waals surface area contributed by atoms with Crippen LogP contribution in [0.1, 0.15) is 35.7 Å². The summed E-state index contributed by atoms with van der Waals surface area (Å²) < 4.78 is 5.38. The van der Waals surface area contributed by atoms with Gasteiger partial charge in [-0.25, -0.2) is 0 Å².